The number of carbonyl (C=O) groups excluding carboxylic acids is 1. The van der Waals surface area contributed by atoms with E-state index in [4.69, 9.17) is 4.79 Å². The van der Waals surface area contributed by atoms with Gasteiger partial charge in [0.2, 0.25) is 0 Å². The molecule has 2 rings (SSSR count). The van der Waals surface area contributed by atoms with E-state index in [1.165, 1.54) is 12.1 Å². The first-order chi connectivity index (χ1) is 6.77. The third-order valence-corrected chi connectivity index (χ3v) is 1.63. The maximum absolute atomic E-state index is 10.3. The van der Waals surface area contributed by atoms with Crippen molar-refractivity contribution in [1.29, 1.82) is 0 Å². The van der Waals surface area contributed by atoms with E-state index >= 15 is 0 Å². The zero-order chi connectivity index (χ0) is 10.6. The first kappa shape index (κ1) is 9.85. The zero-order valence-electron chi connectivity index (χ0n) is 7.14. The van der Waals surface area contributed by atoms with Crippen molar-refractivity contribution in [1.82, 2.24) is 10.2 Å². The summed E-state index contributed by atoms with van der Waals surface area (Å²) < 4.78 is 0. The molecule has 0 spiro atoms. The number of H-pyrrole nitrogens is 1. The van der Waals surface area contributed by atoms with Crippen LogP contribution in [0.3, 0.4) is 0 Å². The average molecular weight is 193 g/mol. The van der Waals surface area contributed by atoms with Gasteiger partial charge < -0.3 is 4.79 Å². The smallest absolute Gasteiger partial charge is 0.270 e. The van der Waals surface area contributed by atoms with Crippen LogP contribution in [-0.4, -0.2) is 21.9 Å². The second-order valence-electron chi connectivity index (χ2n) is 2.40. The Balaban J connectivity index is 0.000000461. The predicted molar refractivity (Wildman–Crippen MR) is 49.9 cm³/mol. The Morgan fingerprint density at radius 1 is 1.43 bits per heavy atom. The van der Waals surface area contributed by atoms with E-state index in [-0.39, 0.29) is 5.69 Å². The summed E-state index contributed by atoms with van der Waals surface area (Å²) in [6.07, 6.45) is 1.56. The van der Waals surface area contributed by atoms with Crippen molar-refractivity contribution in [2.45, 2.75) is 0 Å². The first-order valence-electron chi connectivity index (χ1n) is 3.64. The van der Waals surface area contributed by atoms with Crippen LogP contribution in [0.15, 0.2) is 24.4 Å². The van der Waals surface area contributed by atoms with Crippen LogP contribution in [0, 0.1) is 10.1 Å². The van der Waals surface area contributed by atoms with Gasteiger partial charge in [0.1, 0.15) is 6.79 Å². The van der Waals surface area contributed by atoms with Crippen LogP contribution in [0.2, 0.25) is 0 Å². The second-order valence-corrected chi connectivity index (χ2v) is 2.40. The number of carbonyl (C=O) groups is 1. The van der Waals surface area contributed by atoms with Gasteiger partial charge in [0.05, 0.1) is 16.6 Å². The van der Waals surface area contributed by atoms with Crippen LogP contribution in [0.1, 0.15) is 0 Å². The van der Waals surface area contributed by atoms with E-state index in [0.29, 0.717) is 0 Å². The number of nitrogens with one attached hydrogen (secondary N) is 1. The molecule has 0 unspecified atom stereocenters. The number of nitro groups is 1. The summed E-state index contributed by atoms with van der Waals surface area (Å²) in [6.45, 7) is 2.00. The van der Waals surface area contributed by atoms with Crippen molar-refractivity contribution in [3.63, 3.8) is 0 Å². The van der Waals surface area contributed by atoms with Crippen LogP contribution in [0.5, 0.6) is 0 Å². The minimum absolute atomic E-state index is 0.0869. The van der Waals surface area contributed by atoms with Gasteiger partial charge in [-0.05, 0) is 6.07 Å². The summed E-state index contributed by atoms with van der Waals surface area (Å²) in [6, 6.07) is 4.57. The number of fused-ring (bicyclic) bond motifs is 1. The molecule has 0 saturated carbocycles. The van der Waals surface area contributed by atoms with Crippen LogP contribution < -0.4 is 0 Å². The summed E-state index contributed by atoms with van der Waals surface area (Å²) in [5, 5.41) is 17.6. The molecular weight excluding hydrogens is 186 g/mol. The molecule has 1 aromatic heterocycles. The first-order valence-corrected chi connectivity index (χ1v) is 3.64. The molecule has 0 aliphatic heterocycles. The third kappa shape index (κ3) is 1.74. The Morgan fingerprint density at radius 2 is 2.14 bits per heavy atom. The molecule has 0 aliphatic rings. The number of non-ortho nitro benzene ring substituents is 1. The summed E-state index contributed by atoms with van der Waals surface area (Å²) >= 11 is 0. The maximum atomic E-state index is 10.3. The Hall–Kier alpha value is -2.24. The van der Waals surface area contributed by atoms with E-state index in [1.54, 1.807) is 12.3 Å². The van der Waals surface area contributed by atoms with Gasteiger partial charge >= 0.3 is 0 Å². The van der Waals surface area contributed by atoms with E-state index in [1.807, 2.05) is 6.79 Å². The highest BCUT2D eigenvalue weighted by Gasteiger charge is 2.05. The van der Waals surface area contributed by atoms with E-state index < -0.39 is 4.92 Å². The van der Waals surface area contributed by atoms with Gasteiger partial charge in [-0.1, -0.05) is 0 Å². The monoisotopic (exact) mass is 193 g/mol. The third-order valence-electron chi connectivity index (χ3n) is 1.63. The van der Waals surface area contributed by atoms with Gasteiger partial charge in [-0.2, -0.15) is 5.10 Å². The molecule has 0 radical (unpaired) electrons. The minimum atomic E-state index is -0.424. The lowest BCUT2D eigenvalue weighted by Crippen LogP contribution is -1.86. The van der Waals surface area contributed by atoms with E-state index in [2.05, 4.69) is 10.2 Å². The van der Waals surface area contributed by atoms with Gasteiger partial charge in [-0.3, -0.25) is 15.2 Å². The lowest BCUT2D eigenvalue weighted by atomic mass is 10.2. The molecule has 0 aliphatic carbocycles. The molecule has 6 heteroatoms. The molecule has 0 amide bonds. The molecule has 1 aromatic carbocycles. The molecule has 14 heavy (non-hydrogen) atoms. The summed E-state index contributed by atoms with van der Waals surface area (Å²) in [4.78, 5) is 17.9. The van der Waals surface area contributed by atoms with Crippen LogP contribution >= 0.6 is 0 Å². The number of nitrogens with zero attached hydrogens (tertiary/aromatic N) is 2. The normalized spacial score (nSPS) is 9.14. The predicted octanol–water partition coefficient (Wildman–Crippen LogP) is 1.29. The van der Waals surface area contributed by atoms with Crippen LogP contribution in [-0.2, 0) is 4.79 Å². The topological polar surface area (TPSA) is 88.9 Å². The largest absolute Gasteiger partial charge is 0.307 e. The van der Waals surface area contributed by atoms with Crippen molar-refractivity contribution in [2.24, 2.45) is 0 Å². The zero-order valence-corrected chi connectivity index (χ0v) is 7.14. The quantitative estimate of drug-likeness (QED) is 0.545. The molecule has 72 valence electrons. The lowest BCUT2D eigenvalue weighted by Gasteiger charge is -1.89. The maximum Gasteiger partial charge on any atom is 0.270 e. The Morgan fingerprint density at radius 3 is 2.79 bits per heavy atom. The molecular formula is C8H7N3O3. The van der Waals surface area contributed by atoms with Gasteiger partial charge in [0, 0.05) is 17.5 Å². The fraction of sp³-hybridized carbons (Fsp3) is 0. The number of aromatic nitrogens is 2. The van der Waals surface area contributed by atoms with Gasteiger partial charge in [-0.15, -0.1) is 0 Å². The van der Waals surface area contributed by atoms with Crippen molar-refractivity contribution in [3.05, 3.63) is 34.5 Å². The molecule has 1 N–H and O–H groups in total. The SMILES string of the molecule is C=O.O=[N+]([O-])c1ccc2[nH]ncc2c1. The molecule has 1 heterocycles. The number of aromatic amines is 1. The number of hydrogen-bond acceptors (Lipinski definition) is 4. The van der Waals surface area contributed by atoms with Crippen molar-refractivity contribution in [3.8, 4) is 0 Å². The van der Waals surface area contributed by atoms with Crippen LogP contribution in [0.4, 0.5) is 5.69 Å². The van der Waals surface area contributed by atoms with Gasteiger partial charge in [-0.25, -0.2) is 0 Å². The minimum Gasteiger partial charge on any atom is -0.307 e. The van der Waals surface area contributed by atoms with Crippen molar-refractivity contribution in [2.75, 3.05) is 0 Å². The second kappa shape index (κ2) is 4.13. The number of hydrogen-bond donors (Lipinski definition) is 1. The summed E-state index contributed by atoms with van der Waals surface area (Å²) in [5.41, 5.74) is 0.893. The van der Waals surface area contributed by atoms with Gasteiger partial charge in [0.15, 0.2) is 0 Å². The fourth-order valence-electron chi connectivity index (χ4n) is 1.04. The Labute approximate surface area is 78.7 Å². The Kier molecular flexibility index (Phi) is 2.90. The van der Waals surface area contributed by atoms with Crippen molar-refractivity contribution < 1.29 is 9.72 Å². The average Bonchev–Trinajstić information content (AvgIpc) is 2.67. The highest BCUT2D eigenvalue weighted by atomic mass is 16.6. The van der Waals surface area contributed by atoms with E-state index in [9.17, 15) is 10.1 Å². The highest BCUT2D eigenvalue weighted by Crippen LogP contribution is 2.17. The van der Waals surface area contributed by atoms with Crippen LogP contribution in [0.25, 0.3) is 10.9 Å². The molecule has 6 nitrogen and oxygen atoms in total. The summed E-state index contributed by atoms with van der Waals surface area (Å²) in [7, 11) is 0. The molecule has 0 saturated heterocycles. The van der Waals surface area contributed by atoms with E-state index in [0.717, 1.165) is 10.9 Å². The molecule has 0 bridgehead atoms. The number of benzene rings is 1. The highest BCUT2D eigenvalue weighted by molar-refractivity contribution is 5.80. The number of rotatable bonds is 1. The van der Waals surface area contributed by atoms with Gasteiger partial charge in [0.25, 0.3) is 5.69 Å². The number of nitro benzene ring substituents is 1. The standard InChI is InChI=1S/C7H5N3O2.CH2O/c11-10(12)6-1-2-7-5(3-6)4-8-9-7;1-2/h1-4H,(H,8,9);1H2. The molecule has 0 fully saturated rings. The molecule has 2 aromatic rings. The summed E-state index contributed by atoms with van der Waals surface area (Å²) in [5.74, 6) is 0. The lowest BCUT2D eigenvalue weighted by molar-refractivity contribution is -0.384. The fourth-order valence-corrected chi connectivity index (χ4v) is 1.04. The Bertz CT molecular complexity index is 452. The molecule has 0 atom stereocenters. The van der Waals surface area contributed by atoms with Crippen molar-refractivity contribution >= 4 is 23.4 Å².